The number of halogens is 1. The van der Waals surface area contributed by atoms with Gasteiger partial charge in [-0.25, -0.2) is 4.39 Å². The van der Waals surface area contributed by atoms with Crippen LogP contribution in [0.15, 0.2) is 24.3 Å². The van der Waals surface area contributed by atoms with Gasteiger partial charge in [0.2, 0.25) is 5.91 Å². The molecule has 24 heavy (non-hydrogen) atoms. The summed E-state index contributed by atoms with van der Waals surface area (Å²) in [6.45, 7) is 3.18. The molecule has 130 valence electrons. The van der Waals surface area contributed by atoms with Gasteiger partial charge in [-0.1, -0.05) is 25.1 Å². The summed E-state index contributed by atoms with van der Waals surface area (Å²) in [7, 11) is 0. The Balaban J connectivity index is 1.48. The number of rotatable bonds is 5. The monoisotopic (exact) mass is 333 g/mol. The SMILES string of the molecule is CC(CCc1ccccc1F)C(=O)N1CCC2(CC1)CC2C(=O)O. The number of aryl methyl sites for hydroxylation is 1. The molecule has 1 amide bonds. The molecule has 0 aromatic heterocycles. The van der Waals surface area contributed by atoms with Crippen LogP contribution in [0.4, 0.5) is 4.39 Å². The first-order valence-electron chi connectivity index (χ1n) is 8.68. The minimum absolute atomic E-state index is 0.0565. The normalized spacial score (nSPS) is 23.1. The van der Waals surface area contributed by atoms with Crippen molar-refractivity contribution in [2.24, 2.45) is 17.3 Å². The Labute approximate surface area is 141 Å². The van der Waals surface area contributed by atoms with Crippen molar-refractivity contribution in [3.8, 4) is 0 Å². The topological polar surface area (TPSA) is 57.6 Å². The molecular formula is C19H24FNO3. The molecule has 1 aromatic rings. The van der Waals surface area contributed by atoms with Crippen molar-refractivity contribution >= 4 is 11.9 Å². The molecule has 5 heteroatoms. The first-order chi connectivity index (χ1) is 11.4. The minimum atomic E-state index is -0.701. The highest BCUT2D eigenvalue weighted by Gasteiger charge is 2.59. The van der Waals surface area contributed by atoms with Crippen molar-refractivity contribution in [3.63, 3.8) is 0 Å². The van der Waals surface area contributed by atoms with E-state index in [-0.39, 0.29) is 29.0 Å². The third-order valence-corrected chi connectivity index (χ3v) is 5.78. The van der Waals surface area contributed by atoms with Gasteiger partial charge >= 0.3 is 5.97 Å². The molecule has 0 bridgehead atoms. The number of benzene rings is 1. The number of amides is 1. The molecule has 1 aliphatic carbocycles. The summed E-state index contributed by atoms with van der Waals surface area (Å²) in [5.41, 5.74) is 0.593. The van der Waals surface area contributed by atoms with Gasteiger partial charge in [0.05, 0.1) is 5.92 Å². The second-order valence-electron chi connectivity index (χ2n) is 7.31. The van der Waals surface area contributed by atoms with Gasteiger partial charge < -0.3 is 10.0 Å². The molecule has 1 aliphatic heterocycles. The lowest BCUT2D eigenvalue weighted by atomic mass is 9.89. The van der Waals surface area contributed by atoms with E-state index in [9.17, 15) is 14.0 Å². The Kier molecular flexibility index (Phi) is 4.61. The van der Waals surface area contributed by atoms with Crippen molar-refractivity contribution in [1.82, 2.24) is 4.90 Å². The standard InChI is InChI=1S/C19H24FNO3/c1-13(6-7-14-4-2-3-5-16(14)20)17(22)21-10-8-19(9-11-21)12-15(19)18(23)24/h2-5,13,15H,6-12H2,1H3,(H,23,24). The highest BCUT2D eigenvalue weighted by molar-refractivity contribution is 5.79. The van der Waals surface area contributed by atoms with Crippen LogP contribution in [0, 0.1) is 23.1 Å². The van der Waals surface area contributed by atoms with Crippen LogP contribution in [0.2, 0.25) is 0 Å². The number of carbonyl (C=O) groups excluding carboxylic acids is 1. The Hall–Kier alpha value is -1.91. The van der Waals surface area contributed by atoms with Crippen LogP contribution in [0.5, 0.6) is 0 Å². The largest absolute Gasteiger partial charge is 0.481 e. The second-order valence-corrected chi connectivity index (χ2v) is 7.31. The molecule has 2 atom stereocenters. The molecule has 3 rings (SSSR count). The van der Waals surface area contributed by atoms with E-state index in [0.29, 0.717) is 31.5 Å². The molecule has 0 radical (unpaired) electrons. The zero-order valence-electron chi connectivity index (χ0n) is 14.0. The molecule has 4 nitrogen and oxygen atoms in total. The van der Waals surface area contributed by atoms with Crippen LogP contribution in [0.3, 0.4) is 0 Å². The van der Waals surface area contributed by atoms with Gasteiger partial charge in [-0.2, -0.15) is 0 Å². The summed E-state index contributed by atoms with van der Waals surface area (Å²) in [4.78, 5) is 25.5. The molecular weight excluding hydrogens is 309 g/mol. The molecule has 1 N–H and O–H groups in total. The number of piperidine rings is 1. The lowest BCUT2D eigenvalue weighted by Gasteiger charge is -2.34. The maximum Gasteiger partial charge on any atom is 0.307 e. The fourth-order valence-corrected chi connectivity index (χ4v) is 3.93. The van der Waals surface area contributed by atoms with Crippen molar-refractivity contribution < 1.29 is 19.1 Å². The molecule has 2 unspecified atom stereocenters. The van der Waals surface area contributed by atoms with E-state index < -0.39 is 5.97 Å². The fourth-order valence-electron chi connectivity index (χ4n) is 3.93. The van der Waals surface area contributed by atoms with Gasteiger partial charge in [-0.05, 0) is 49.1 Å². The quantitative estimate of drug-likeness (QED) is 0.901. The molecule has 1 aromatic carbocycles. The van der Waals surface area contributed by atoms with Crippen molar-refractivity contribution in [2.75, 3.05) is 13.1 Å². The van der Waals surface area contributed by atoms with Gasteiger partial charge in [-0.15, -0.1) is 0 Å². The number of carboxylic acids is 1. The van der Waals surface area contributed by atoms with E-state index >= 15 is 0 Å². The smallest absolute Gasteiger partial charge is 0.307 e. The third kappa shape index (κ3) is 3.30. The van der Waals surface area contributed by atoms with Crippen LogP contribution in [-0.2, 0) is 16.0 Å². The maximum atomic E-state index is 13.6. The predicted molar refractivity (Wildman–Crippen MR) is 87.9 cm³/mol. The van der Waals surface area contributed by atoms with E-state index in [1.54, 1.807) is 12.1 Å². The van der Waals surface area contributed by atoms with Crippen LogP contribution >= 0.6 is 0 Å². The number of aliphatic carboxylic acids is 1. The predicted octanol–water partition coefficient (Wildman–Crippen LogP) is 3.11. The Morgan fingerprint density at radius 3 is 2.58 bits per heavy atom. The molecule has 1 heterocycles. The van der Waals surface area contributed by atoms with E-state index in [0.717, 1.165) is 19.3 Å². The Morgan fingerprint density at radius 1 is 1.33 bits per heavy atom. The zero-order valence-corrected chi connectivity index (χ0v) is 14.0. The van der Waals surface area contributed by atoms with Crippen molar-refractivity contribution in [3.05, 3.63) is 35.6 Å². The highest BCUT2D eigenvalue weighted by atomic mass is 19.1. The Bertz CT molecular complexity index is 637. The number of nitrogens with zero attached hydrogens (tertiary/aromatic N) is 1. The average molecular weight is 333 g/mol. The van der Waals surface area contributed by atoms with E-state index in [4.69, 9.17) is 5.11 Å². The first kappa shape index (κ1) is 16.9. The van der Waals surface area contributed by atoms with E-state index in [1.165, 1.54) is 6.07 Å². The van der Waals surface area contributed by atoms with E-state index in [1.807, 2.05) is 17.9 Å². The molecule has 1 saturated carbocycles. The molecule has 2 fully saturated rings. The minimum Gasteiger partial charge on any atom is -0.481 e. The lowest BCUT2D eigenvalue weighted by Crippen LogP contribution is -2.42. The summed E-state index contributed by atoms with van der Waals surface area (Å²) in [5.74, 6) is -1.17. The highest BCUT2D eigenvalue weighted by Crippen LogP contribution is 2.59. The number of hydrogen-bond donors (Lipinski definition) is 1. The van der Waals surface area contributed by atoms with Crippen molar-refractivity contribution in [2.45, 2.75) is 39.0 Å². The van der Waals surface area contributed by atoms with Gasteiger partial charge in [0.1, 0.15) is 5.82 Å². The zero-order chi connectivity index (χ0) is 17.3. The van der Waals surface area contributed by atoms with Crippen LogP contribution < -0.4 is 0 Å². The summed E-state index contributed by atoms with van der Waals surface area (Å²) >= 11 is 0. The number of carbonyl (C=O) groups is 2. The fraction of sp³-hybridized carbons (Fsp3) is 0.579. The first-order valence-corrected chi connectivity index (χ1v) is 8.68. The van der Waals surface area contributed by atoms with Crippen molar-refractivity contribution in [1.29, 1.82) is 0 Å². The second kappa shape index (κ2) is 6.54. The van der Waals surface area contributed by atoms with Gasteiger partial charge in [0.25, 0.3) is 0 Å². The van der Waals surface area contributed by atoms with Crippen LogP contribution in [0.1, 0.15) is 38.2 Å². The van der Waals surface area contributed by atoms with Crippen LogP contribution in [-0.4, -0.2) is 35.0 Å². The summed E-state index contributed by atoms with van der Waals surface area (Å²) < 4.78 is 13.6. The van der Waals surface area contributed by atoms with E-state index in [2.05, 4.69) is 0 Å². The molecule has 1 spiro atoms. The van der Waals surface area contributed by atoms with Crippen LogP contribution in [0.25, 0.3) is 0 Å². The lowest BCUT2D eigenvalue weighted by molar-refractivity contribution is -0.140. The maximum absolute atomic E-state index is 13.6. The average Bonchev–Trinajstić information content (AvgIpc) is 3.28. The number of hydrogen-bond acceptors (Lipinski definition) is 2. The number of carboxylic acid groups (broad SMARTS) is 1. The summed E-state index contributed by atoms with van der Waals surface area (Å²) in [6, 6.07) is 6.68. The third-order valence-electron chi connectivity index (χ3n) is 5.78. The molecule has 1 saturated heterocycles. The van der Waals surface area contributed by atoms with Gasteiger partial charge in [0.15, 0.2) is 0 Å². The summed E-state index contributed by atoms with van der Waals surface area (Å²) in [6.07, 6.45) is 3.51. The van der Waals surface area contributed by atoms with Gasteiger partial charge in [-0.3, -0.25) is 9.59 Å². The number of likely N-dealkylation sites (tertiary alicyclic amines) is 1. The Morgan fingerprint density at radius 2 is 2.00 bits per heavy atom. The van der Waals surface area contributed by atoms with Gasteiger partial charge in [0, 0.05) is 19.0 Å². The summed E-state index contributed by atoms with van der Waals surface area (Å²) in [5, 5.41) is 9.12. The molecule has 2 aliphatic rings.